The summed E-state index contributed by atoms with van der Waals surface area (Å²) in [7, 11) is 0. The minimum atomic E-state index is 0.267. The van der Waals surface area contributed by atoms with Gasteiger partial charge >= 0.3 is 0 Å². The summed E-state index contributed by atoms with van der Waals surface area (Å²) in [6, 6.07) is 7.00. The van der Waals surface area contributed by atoms with Crippen molar-refractivity contribution in [3.63, 3.8) is 0 Å². The summed E-state index contributed by atoms with van der Waals surface area (Å²) >= 11 is 1.65. The topological polar surface area (TPSA) is 49.6 Å². The average molecular weight is 245 g/mol. The van der Waals surface area contributed by atoms with Crippen LogP contribution >= 0.6 is 11.3 Å². The molecule has 0 radical (unpaired) electrons. The molecule has 2 heterocycles. The first-order chi connectivity index (χ1) is 8.24. The number of phenols is 1. The average Bonchev–Trinajstić information content (AvgIpc) is 2.85. The van der Waals surface area contributed by atoms with Gasteiger partial charge in [-0.3, -0.25) is 0 Å². The predicted octanol–water partition coefficient (Wildman–Crippen LogP) is 3.15. The third-order valence-electron chi connectivity index (χ3n) is 2.56. The van der Waals surface area contributed by atoms with Gasteiger partial charge in [0, 0.05) is 17.3 Å². The van der Waals surface area contributed by atoms with Crippen molar-refractivity contribution < 1.29 is 5.11 Å². The number of fused-ring (bicyclic) bond motifs is 1. The first-order valence-electron chi connectivity index (χ1n) is 5.22. The van der Waals surface area contributed by atoms with Crippen molar-refractivity contribution in [3.8, 4) is 5.75 Å². The van der Waals surface area contributed by atoms with Crippen LogP contribution in [0, 0.1) is 6.92 Å². The Bertz CT molecular complexity index is 654. The van der Waals surface area contributed by atoms with Gasteiger partial charge in [-0.05, 0) is 31.2 Å². The number of aromatic nitrogens is 2. The number of nitrogens with zero attached hydrogens (tertiary/aromatic N) is 2. The van der Waals surface area contributed by atoms with E-state index in [9.17, 15) is 5.11 Å². The van der Waals surface area contributed by atoms with E-state index in [0.29, 0.717) is 0 Å². The summed E-state index contributed by atoms with van der Waals surface area (Å²) < 4.78 is 1.86. The highest BCUT2D eigenvalue weighted by molar-refractivity contribution is 7.16. The lowest BCUT2D eigenvalue weighted by Gasteiger charge is -2.04. The zero-order valence-corrected chi connectivity index (χ0v) is 10.0. The smallest absolute Gasteiger partial charge is 0.143 e. The van der Waals surface area contributed by atoms with E-state index in [-0.39, 0.29) is 5.75 Å². The molecule has 0 saturated heterocycles. The van der Waals surface area contributed by atoms with E-state index in [1.807, 2.05) is 35.1 Å². The van der Waals surface area contributed by atoms with Crippen LogP contribution in [-0.2, 0) is 0 Å². The molecule has 17 heavy (non-hydrogen) atoms. The first kappa shape index (κ1) is 10.2. The SMILES string of the molecule is Cc1nn2ccsc2c1Nc1ccc(O)cc1. The van der Waals surface area contributed by atoms with Crippen molar-refractivity contribution >= 4 is 27.5 Å². The summed E-state index contributed by atoms with van der Waals surface area (Å²) in [5.74, 6) is 0.267. The standard InChI is InChI=1S/C12H11N3OS/c1-8-11(12-15(14-8)6-7-17-12)13-9-2-4-10(16)5-3-9/h2-7,13,16H,1H3. The largest absolute Gasteiger partial charge is 0.508 e. The molecule has 0 spiro atoms. The maximum atomic E-state index is 9.23. The summed E-state index contributed by atoms with van der Waals surface area (Å²) in [5, 5.41) is 19.0. The molecule has 0 bridgehead atoms. The van der Waals surface area contributed by atoms with Gasteiger partial charge in [-0.25, -0.2) is 4.52 Å². The number of aromatic hydroxyl groups is 1. The van der Waals surface area contributed by atoms with Crippen molar-refractivity contribution in [3.05, 3.63) is 41.5 Å². The normalized spacial score (nSPS) is 10.9. The molecular formula is C12H11N3OS. The molecule has 0 atom stereocenters. The van der Waals surface area contributed by atoms with Gasteiger partial charge in [0.1, 0.15) is 10.6 Å². The Kier molecular flexibility index (Phi) is 2.26. The molecule has 0 saturated carbocycles. The highest BCUT2D eigenvalue weighted by Crippen LogP contribution is 2.29. The number of rotatable bonds is 2. The van der Waals surface area contributed by atoms with Crippen LogP contribution in [0.3, 0.4) is 0 Å². The Labute approximate surface area is 102 Å². The Morgan fingerprint density at radius 3 is 2.82 bits per heavy atom. The van der Waals surface area contributed by atoms with Gasteiger partial charge in [0.2, 0.25) is 0 Å². The summed E-state index contributed by atoms with van der Waals surface area (Å²) in [4.78, 5) is 1.09. The number of anilines is 2. The molecule has 0 fully saturated rings. The lowest BCUT2D eigenvalue weighted by Crippen LogP contribution is -1.90. The molecular weight excluding hydrogens is 234 g/mol. The predicted molar refractivity (Wildman–Crippen MR) is 69.2 cm³/mol. The maximum Gasteiger partial charge on any atom is 0.143 e. The molecule has 5 heteroatoms. The highest BCUT2D eigenvalue weighted by Gasteiger charge is 2.10. The fourth-order valence-corrected chi connectivity index (χ4v) is 2.56. The van der Waals surface area contributed by atoms with E-state index in [0.717, 1.165) is 21.9 Å². The Morgan fingerprint density at radius 2 is 2.06 bits per heavy atom. The Morgan fingerprint density at radius 1 is 1.29 bits per heavy atom. The van der Waals surface area contributed by atoms with Crippen LogP contribution in [0.1, 0.15) is 5.69 Å². The molecule has 4 nitrogen and oxygen atoms in total. The van der Waals surface area contributed by atoms with Crippen LogP contribution in [0.2, 0.25) is 0 Å². The molecule has 2 N–H and O–H groups in total. The van der Waals surface area contributed by atoms with Crippen LogP contribution < -0.4 is 5.32 Å². The molecule has 0 aliphatic carbocycles. The van der Waals surface area contributed by atoms with Gasteiger partial charge in [-0.2, -0.15) is 5.10 Å². The zero-order valence-electron chi connectivity index (χ0n) is 9.21. The van der Waals surface area contributed by atoms with Crippen molar-refractivity contribution in [1.29, 1.82) is 0 Å². The van der Waals surface area contributed by atoms with Crippen LogP contribution in [0.4, 0.5) is 11.4 Å². The minimum absolute atomic E-state index is 0.267. The van der Waals surface area contributed by atoms with Crippen molar-refractivity contribution in [2.24, 2.45) is 0 Å². The highest BCUT2D eigenvalue weighted by atomic mass is 32.1. The fraction of sp³-hybridized carbons (Fsp3) is 0.0833. The molecule has 3 aromatic rings. The van der Waals surface area contributed by atoms with E-state index in [2.05, 4.69) is 10.4 Å². The number of phenolic OH excluding ortho intramolecular Hbond substituents is 1. The van der Waals surface area contributed by atoms with Crippen LogP contribution in [0.25, 0.3) is 4.83 Å². The van der Waals surface area contributed by atoms with Crippen molar-refractivity contribution in [1.82, 2.24) is 9.61 Å². The van der Waals surface area contributed by atoms with Gasteiger partial charge in [-0.15, -0.1) is 11.3 Å². The molecule has 0 aliphatic heterocycles. The first-order valence-corrected chi connectivity index (χ1v) is 6.10. The maximum absolute atomic E-state index is 9.23. The Balaban J connectivity index is 2.01. The number of benzene rings is 1. The third-order valence-corrected chi connectivity index (χ3v) is 3.43. The molecule has 86 valence electrons. The lowest BCUT2D eigenvalue weighted by atomic mass is 10.3. The van der Waals surface area contributed by atoms with Crippen LogP contribution in [0.5, 0.6) is 5.75 Å². The second-order valence-corrected chi connectivity index (χ2v) is 4.68. The minimum Gasteiger partial charge on any atom is -0.508 e. The lowest BCUT2D eigenvalue weighted by molar-refractivity contribution is 0.475. The molecule has 1 aromatic carbocycles. The number of hydrogen-bond donors (Lipinski definition) is 2. The molecule has 3 rings (SSSR count). The van der Waals surface area contributed by atoms with Crippen molar-refractivity contribution in [2.75, 3.05) is 5.32 Å². The van der Waals surface area contributed by atoms with E-state index < -0.39 is 0 Å². The summed E-state index contributed by atoms with van der Waals surface area (Å²) in [6.07, 6.45) is 1.94. The van der Waals surface area contributed by atoms with Gasteiger partial charge in [0.15, 0.2) is 0 Å². The number of hydrogen-bond acceptors (Lipinski definition) is 4. The zero-order chi connectivity index (χ0) is 11.8. The van der Waals surface area contributed by atoms with Gasteiger partial charge in [-0.1, -0.05) is 0 Å². The monoisotopic (exact) mass is 245 g/mol. The van der Waals surface area contributed by atoms with Gasteiger partial charge in [0.05, 0.1) is 11.4 Å². The van der Waals surface area contributed by atoms with Crippen LogP contribution in [-0.4, -0.2) is 14.7 Å². The summed E-state index contributed by atoms with van der Waals surface area (Å²) in [5.41, 5.74) is 2.92. The molecule has 0 amide bonds. The fourth-order valence-electron chi connectivity index (χ4n) is 1.73. The van der Waals surface area contributed by atoms with Crippen molar-refractivity contribution in [2.45, 2.75) is 6.92 Å². The van der Waals surface area contributed by atoms with Crippen LogP contribution in [0.15, 0.2) is 35.8 Å². The second kappa shape index (κ2) is 3.78. The summed E-state index contributed by atoms with van der Waals surface area (Å²) in [6.45, 7) is 1.97. The molecule has 0 aliphatic rings. The number of aryl methyl sites for hydroxylation is 1. The van der Waals surface area contributed by atoms with E-state index in [4.69, 9.17) is 0 Å². The van der Waals surface area contributed by atoms with Gasteiger partial charge < -0.3 is 10.4 Å². The number of thiazole rings is 1. The number of nitrogens with one attached hydrogen (secondary N) is 1. The van der Waals surface area contributed by atoms with E-state index in [1.165, 1.54) is 0 Å². The quantitative estimate of drug-likeness (QED) is 0.682. The van der Waals surface area contributed by atoms with E-state index >= 15 is 0 Å². The third kappa shape index (κ3) is 1.74. The second-order valence-electron chi connectivity index (χ2n) is 3.79. The Hall–Kier alpha value is -2.01. The molecule has 0 unspecified atom stereocenters. The van der Waals surface area contributed by atoms with E-state index in [1.54, 1.807) is 23.5 Å². The molecule has 2 aromatic heterocycles. The van der Waals surface area contributed by atoms with Gasteiger partial charge in [0.25, 0.3) is 0 Å².